The fourth-order valence-electron chi connectivity index (χ4n) is 4.43. The monoisotopic (exact) mass is 446 g/mol. The van der Waals surface area contributed by atoms with Crippen molar-refractivity contribution in [3.63, 3.8) is 0 Å². The first-order chi connectivity index (χ1) is 15.7. The Kier molecular flexibility index (Phi) is 9.80. The van der Waals surface area contributed by atoms with Crippen LogP contribution >= 0.6 is 0 Å². The summed E-state index contributed by atoms with van der Waals surface area (Å²) in [5.74, 6) is 0.855. The second kappa shape index (κ2) is 12.3. The van der Waals surface area contributed by atoms with Gasteiger partial charge in [-0.05, 0) is 70.9 Å². The van der Waals surface area contributed by atoms with Gasteiger partial charge in [-0.1, -0.05) is 77.9 Å². The molecular weight excluding hydrogens is 408 g/mol. The van der Waals surface area contributed by atoms with E-state index >= 15 is 0 Å². The molecule has 0 aliphatic carbocycles. The Hall–Kier alpha value is -2.98. The Morgan fingerprint density at radius 3 is 1.45 bits per heavy atom. The molecule has 0 spiro atoms. The SMILES string of the molecule is CC(C)c1cc(C(C)(C)c2ccc(CCCOC#N)c(C(C)C)c2)ccc1CCCOC#N. The molecule has 0 unspecified atom stereocenters. The van der Waals surface area contributed by atoms with Crippen molar-refractivity contribution < 1.29 is 9.47 Å². The summed E-state index contributed by atoms with van der Waals surface area (Å²) in [6.45, 7) is 14.5. The molecule has 2 aromatic carbocycles. The third-order valence-electron chi connectivity index (χ3n) is 6.49. The summed E-state index contributed by atoms with van der Waals surface area (Å²) in [5.41, 5.74) is 7.92. The summed E-state index contributed by atoms with van der Waals surface area (Å²) < 4.78 is 9.70. The van der Waals surface area contributed by atoms with Crippen molar-refractivity contribution >= 4 is 0 Å². The van der Waals surface area contributed by atoms with Crippen LogP contribution in [0.15, 0.2) is 36.4 Å². The first-order valence-corrected chi connectivity index (χ1v) is 12.0. The summed E-state index contributed by atoms with van der Waals surface area (Å²) in [6, 6.07) is 13.8. The minimum absolute atomic E-state index is 0.127. The lowest BCUT2D eigenvalue weighted by atomic mass is 9.75. The van der Waals surface area contributed by atoms with Crippen molar-refractivity contribution in [2.45, 2.75) is 84.5 Å². The highest BCUT2D eigenvalue weighted by atomic mass is 16.5. The van der Waals surface area contributed by atoms with Gasteiger partial charge in [-0.3, -0.25) is 0 Å². The largest absolute Gasteiger partial charge is 0.428 e. The van der Waals surface area contributed by atoms with Crippen molar-refractivity contribution in [3.05, 3.63) is 69.8 Å². The number of benzene rings is 2. The molecule has 0 N–H and O–H groups in total. The van der Waals surface area contributed by atoms with Gasteiger partial charge in [0.25, 0.3) is 12.5 Å². The third-order valence-corrected chi connectivity index (χ3v) is 6.49. The van der Waals surface area contributed by atoms with Gasteiger partial charge in [0, 0.05) is 5.41 Å². The number of nitriles is 2. The van der Waals surface area contributed by atoms with Crippen molar-refractivity contribution in [2.75, 3.05) is 13.2 Å². The average Bonchev–Trinajstić information content (AvgIpc) is 2.79. The lowest BCUT2D eigenvalue weighted by molar-refractivity contribution is 0.265. The van der Waals surface area contributed by atoms with E-state index in [1.165, 1.54) is 33.4 Å². The Morgan fingerprint density at radius 2 is 1.12 bits per heavy atom. The molecule has 2 aromatic rings. The molecule has 0 aromatic heterocycles. The third kappa shape index (κ3) is 7.00. The maximum atomic E-state index is 8.59. The molecule has 176 valence electrons. The smallest absolute Gasteiger partial charge is 0.286 e. The molecule has 2 rings (SSSR count). The second-order valence-corrected chi connectivity index (χ2v) is 9.85. The fourth-order valence-corrected chi connectivity index (χ4v) is 4.43. The van der Waals surface area contributed by atoms with Crippen LogP contribution in [0.25, 0.3) is 0 Å². The minimum Gasteiger partial charge on any atom is -0.428 e. The first-order valence-electron chi connectivity index (χ1n) is 12.0. The molecule has 0 fully saturated rings. The maximum Gasteiger partial charge on any atom is 0.286 e. The highest BCUT2D eigenvalue weighted by Crippen LogP contribution is 2.36. The number of nitrogens with zero attached hydrogens (tertiary/aromatic N) is 2. The second-order valence-electron chi connectivity index (χ2n) is 9.85. The van der Waals surface area contributed by atoms with E-state index in [-0.39, 0.29) is 5.41 Å². The molecule has 0 saturated heterocycles. The predicted octanol–water partition coefficient (Wildman–Crippen LogP) is 7.12. The summed E-state index contributed by atoms with van der Waals surface area (Å²) in [5, 5.41) is 17.2. The molecule has 4 heteroatoms. The Morgan fingerprint density at radius 1 is 0.727 bits per heavy atom. The normalized spacial score (nSPS) is 11.3. The zero-order chi connectivity index (χ0) is 24.4. The molecule has 0 amide bonds. The summed E-state index contributed by atoms with van der Waals surface area (Å²) in [4.78, 5) is 0. The highest BCUT2D eigenvalue weighted by molar-refractivity contribution is 5.46. The maximum absolute atomic E-state index is 8.59. The van der Waals surface area contributed by atoms with Gasteiger partial charge in [0.15, 0.2) is 0 Å². The van der Waals surface area contributed by atoms with Gasteiger partial charge in [0.1, 0.15) is 13.2 Å². The summed E-state index contributed by atoms with van der Waals surface area (Å²) in [6.07, 6.45) is 7.02. The molecule has 4 nitrogen and oxygen atoms in total. The molecule has 0 atom stereocenters. The molecule has 0 heterocycles. The van der Waals surface area contributed by atoms with Crippen LogP contribution in [0.3, 0.4) is 0 Å². The van der Waals surface area contributed by atoms with Gasteiger partial charge in [0.05, 0.1) is 0 Å². The van der Waals surface area contributed by atoms with Gasteiger partial charge in [-0.2, -0.15) is 10.5 Å². The van der Waals surface area contributed by atoms with Gasteiger partial charge in [0.2, 0.25) is 0 Å². The summed E-state index contributed by atoms with van der Waals surface area (Å²) >= 11 is 0. The van der Waals surface area contributed by atoms with E-state index < -0.39 is 0 Å². The van der Waals surface area contributed by atoms with Gasteiger partial charge in [-0.15, -0.1) is 0 Å². The van der Waals surface area contributed by atoms with Crippen molar-refractivity contribution in [3.8, 4) is 12.5 Å². The number of hydrogen-bond acceptors (Lipinski definition) is 4. The zero-order valence-electron chi connectivity index (χ0n) is 21.1. The van der Waals surface area contributed by atoms with Crippen LogP contribution in [0.4, 0.5) is 0 Å². The topological polar surface area (TPSA) is 66.0 Å². The Labute approximate surface area is 200 Å². The molecule has 0 aliphatic heterocycles. The number of aryl methyl sites for hydroxylation is 2. The van der Waals surface area contributed by atoms with E-state index in [0.717, 1.165) is 25.7 Å². The first kappa shape index (κ1) is 26.3. The number of rotatable bonds is 12. The van der Waals surface area contributed by atoms with E-state index in [1.807, 2.05) is 0 Å². The number of ether oxygens (including phenoxy) is 2. The average molecular weight is 447 g/mol. The van der Waals surface area contributed by atoms with E-state index in [9.17, 15) is 0 Å². The van der Waals surface area contributed by atoms with Crippen molar-refractivity contribution in [2.24, 2.45) is 0 Å². The van der Waals surface area contributed by atoms with E-state index in [1.54, 1.807) is 12.5 Å². The standard InChI is InChI=1S/C29H38N2O2/c1-21(2)27-17-25(13-11-23(27)9-7-15-32-19-30)29(5,6)26-14-12-24(10-8-16-33-20-31)28(18-26)22(3)4/h11-14,17-18,21-22H,7-10,15-16H2,1-6H3. The van der Waals surface area contributed by atoms with Crippen LogP contribution < -0.4 is 0 Å². The van der Waals surface area contributed by atoms with E-state index in [2.05, 4.69) is 77.9 Å². The van der Waals surface area contributed by atoms with Gasteiger partial charge >= 0.3 is 0 Å². The van der Waals surface area contributed by atoms with Crippen LogP contribution in [0, 0.1) is 23.0 Å². The van der Waals surface area contributed by atoms with Crippen molar-refractivity contribution in [1.82, 2.24) is 0 Å². The van der Waals surface area contributed by atoms with Crippen LogP contribution in [-0.4, -0.2) is 13.2 Å². The molecular formula is C29H38N2O2. The molecule has 0 aliphatic rings. The summed E-state index contributed by atoms with van der Waals surface area (Å²) in [7, 11) is 0. The number of hydrogen-bond donors (Lipinski definition) is 0. The minimum atomic E-state index is -0.127. The fraction of sp³-hybridized carbons (Fsp3) is 0.517. The van der Waals surface area contributed by atoms with Crippen molar-refractivity contribution in [1.29, 1.82) is 10.5 Å². The Balaban J connectivity index is 2.34. The lowest BCUT2D eigenvalue weighted by Gasteiger charge is -2.29. The van der Waals surface area contributed by atoms with E-state index in [0.29, 0.717) is 25.0 Å². The molecule has 0 saturated carbocycles. The van der Waals surface area contributed by atoms with E-state index in [4.69, 9.17) is 20.0 Å². The predicted molar refractivity (Wildman–Crippen MR) is 133 cm³/mol. The van der Waals surface area contributed by atoms with Gasteiger partial charge in [-0.25, -0.2) is 0 Å². The van der Waals surface area contributed by atoms with Crippen LogP contribution in [0.1, 0.15) is 99.6 Å². The molecule has 33 heavy (non-hydrogen) atoms. The van der Waals surface area contributed by atoms with Crippen LogP contribution in [0.5, 0.6) is 0 Å². The lowest BCUT2D eigenvalue weighted by Crippen LogP contribution is -2.20. The quantitative estimate of drug-likeness (QED) is 0.257. The van der Waals surface area contributed by atoms with Gasteiger partial charge < -0.3 is 9.47 Å². The molecule has 0 radical (unpaired) electrons. The molecule has 0 bridgehead atoms. The van der Waals surface area contributed by atoms with Crippen LogP contribution in [0.2, 0.25) is 0 Å². The highest BCUT2D eigenvalue weighted by Gasteiger charge is 2.25. The zero-order valence-corrected chi connectivity index (χ0v) is 21.1. The van der Waals surface area contributed by atoms with Crippen LogP contribution in [-0.2, 0) is 27.7 Å². The Bertz CT molecular complexity index is 914.